The van der Waals surface area contributed by atoms with Gasteiger partial charge in [0.15, 0.2) is 0 Å². The first kappa shape index (κ1) is 14.7. The molecule has 1 aromatic heterocycles. The van der Waals surface area contributed by atoms with E-state index in [1.165, 1.54) is 33.6 Å². The van der Waals surface area contributed by atoms with Gasteiger partial charge in [-0.3, -0.25) is 9.69 Å². The van der Waals surface area contributed by atoms with Crippen molar-refractivity contribution in [2.45, 2.75) is 12.3 Å². The Morgan fingerprint density at radius 3 is 2.89 bits per heavy atom. The molecule has 2 aliphatic heterocycles. The van der Waals surface area contributed by atoms with Crippen LogP contribution in [0.25, 0.3) is 6.08 Å². The fraction of sp³-hybridized carbons (Fsp3) is 0.200. The molecule has 92 valence electrons. The smallest absolute Gasteiger partial charge is 0.543 e. The Bertz CT molecular complexity index is 625. The van der Waals surface area contributed by atoms with E-state index in [4.69, 9.17) is 0 Å². The van der Waals surface area contributed by atoms with E-state index < -0.39 is 5.97 Å². The summed E-state index contributed by atoms with van der Waals surface area (Å²) >= 11 is 2.49. The van der Waals surface area contributed by atoms with Gasteiger partial charge in [0.25, 0.3) is 5.91 Å². The molecule has 1 saturated heterocycles. The standard InChI is InChI=1S/C10H7N3O3S2.Na/c1-4-7(18-12-11-4)2-5-8(14)13-6(10(15)16)3-17-9(5)13;/h2-3,9H,1H3,(H,15,16);/q;+1/p-1/b5-2-;/t9-;/m1./s1. The van der Waals surface area contributed by atoms with Crippen LogP contribution in [0.1, 0.15) is 10.6 Å². The van der Waals surface area contributed by atoms with Crippen LogP contribution in [0.2, 0.25) is 0 Å². The van der Waals surface area contributed by atoms with E-state index >= 15 is 0 Å². The fourth-order valence-electron chi connectivity index (χ4n) is 1.77. The van der Waals surface area contributed by atoms with Gasteiger partial charge < -0.3 is 9.90 Å². The first-order valence-electron chi connectivity index (χ1n) is 5.00. The number of amides is 1. The van der Waals surface area contributed by atoms with Gasteiger partial charge in [-0.15, -0.1) is 16.9 Å². The van der Waals surface area contributed by atoms with Crippen LogP contribution in [0.5, 0.6) is 0 Å². The molecule has 0 aliphatic carbocycles. The molecule has 1 amide bonds. The molecular formula is C10H6N3NaO3S2. The van der Waals surface area contributed by atoms with Gasteiger partial charge in [0.05, 0.1) is 27.8 Å². The normalized spacial score (nSPS) is 22.7. The number of aliphatic carboxylic acids is 1. The van der Waals surface area contributed by atoms with Crippen molar-refractivity contribution in [3.8, 4) is 0 Å². The molecule has 0 radical (unpaired) electrons. The van der Waals surface area contributed by atoms with E-state index in [2.05, 4.69) is 9.59 Å². The molecule has 3 heterocycles. The summed E-state index contributed by atoms with van der Waals surface area (Å²) in [7, 11) is 0. The molecule has 19 heavy (non-hydrogen) atoms. The number of carbonyl (C=O) groups is 2. The van der Waals surface area contributed by atoms with Crippen LogP contribution in [0, 0.1) is 6.92 Å². The minimum absolute atomic E-state index is 0. The summed E-state index contributed by atoms with van der Waals surface area (Å²) in [6.07, 6.45) is 1.72. The van der Waals surface area contributed by atoms with Crippen molar-refractivity contribution in [2.24, 2.45) is 0 Å². The number of rotatable bonds is 2. The molecule has 2 aliphatic rings. The zero-order valence-electron chi connectivity index (χ0n) is 10.1. The monoisotopic (exact) mass is 303 g/mol. The maximum atomic E-state index is 11.9. The number of carbonyl (C=O) groups excluding carboxylic acids is 2. The topological polar surface area (TPSA) is 86.2 Å². The molecule has 1 aromatic rings. The summed E-state index contributed by atoms with van der Waals surface area (Å²) in [5.41, 5.74) is 1.27. The second kappa shape index (κ2) is 5.37. The number of nitrogens with zero attached hydrogens (tertiary/aromatic N) is 3. The third-order valence-corrected chi connectivity index (χ3v) is 4.57. The van der Waals surface area contributed by atoms with Crippen LogP contribution in [-0.4, -0.2) is 31.7 Å². The fourth-order valence-corrected chi connectivity index (χ4v) is 3.49. The van der Waals surface area contributed by atoms with Gasteiger partial charge in [-0.25, -0.2) is 0 Å². The number of aryl methyl sites for hydroxylation is 1. The number of hydrogen-bond donors (Lipinski definition) is 0. The van der Waals surface area contributed by atoms with E-state index in [-0.39, 0.29) is 46.5 Å². The van der Waals surface area contributed by atoms with Gasteiger partial charge in [0.2, 0.25) is 0 Å². The zero-order valence-corrected chi connectivity index (χ0v) is 13.7. The molecule has 1 atom stereocenters. The van der Waals surface area contributed by atoms with Crippen LogP contribution in [-0.2, 0) is 9.59 Å². The predicted octanol–water partition coefficient (Wildman–Crippen LogP) is -3.26. The van der Waals surface area contributed by atoms with Crippen molar-refractivity contribution in [3.63, 3.8) is 0 Å². The Hall–Kier alpha value is -0.670. The van der Waals surface area contributed by atoms with Crippen LogP contribution >= 0.6 is 23.3 Å². The van der Waals surface area contributed by atoms with Crippen LogP contribution in [0.15, 0.2) is 16.7 Å². The van der Waals surface area contributed by atoms with E-state index in [0.717, 1.165) is 10.6 Å². The molecule has 0 spiro atoms. The van der Waals surface area contributed by atoms with Crippen molar-refractivity contribution in [3.05, 3.63) is 27.2 Å². The van der Waals surface area contributed by atoms with Crippen LogP contribution in [0.4, 0.5) is 0 Å². The Labute approximate surface area is 139 Å². The predicted molar refractivity (Wildman–Crippen MR) is 63.9 cm³/mol. The number of carboxylic acids is 1. The summed E-state index contributed by atoms with van der Waals surface area (Å²) in [4.78, 5) is 24.7. The molecule has 3 rings (SSSR count). The number of β-lactam (4-membered cyclic amide) rings is 1. The molecule has 6 nitrogen and oxygen atoms in total. The molecule has 0 saturated carbocycles. The van der Waals surface area contributed by atoms with E-state index in [9.17, 15) is 14.7 Å². The third kappa shape index (κ3) is 2.27. The van der Waals surface area contributed by atoms with Crippen molar-refractivity contribution in [1.82, 2.24) is 14.5 Å². The molecule has 0 N–H and O–H groups in total. The maximum absolute atomic E-state index is 11.9. The van der Waals surface area contributed by atoms with Gasteiger partial charge in [0, 0.05) is 0 Å². The van der Waals surface area contributed by atoms with Crippen LogP contribution < -0.4 is 34.7 Å². The number of hydrogen-bond acceptors (Lipinski definition) is 7. The first-order chi connectivity index (χ1) is 8.59. The molecular weight excluding hydrogens is 297 g/mol. The average molecular weight is 303 g/mol. The summed E-state index contributed by atoms with van der Waals surface area (Å²) in [6.45, 7) is 1.81. The minimum Gasteiger partial charge on any atom is -0.543 e. The van der Waals surface area contributed by atoms with E-state index in [0.29, 0.717) is 5.57 Å². The summed E-state index contributed by atoms with van der Waals surface area (Å²) in [5.74, 6) is -1.62. The maximum Gasteiger partial charge on any atom is 1.00 e. The zero-order chi connectivity index (χ0) is 12.9. The minimum atomic E-state index is -1.33. The van der Waals surface area contributed by atoms with Crippen molar-refractivity contribution >= 4 is 41.2 Å². The quantitative estimate of drug-likeness (QED) is 0.324. The molecule has 0 bridgehead atoms. The summed E-state index contributed by atoms with van der Waals surface area (Å²) in [5, 5.41) is 15.8. The van der Waals surface area contributed by atoms with Gasteiger partial charge in [-0.1, -0.05) is 4.49 Å². The number of thioether (sulfide) groups is 1. The third-order valence-electron chi connectivity index (χ3n) is 2.72. The van der Waals surface area contributed by atoms with Gasteiger partial charge in [-0.05, 0) is 29.9 Å². The van der Waals surface area contributed by atoms with Crippen LogP contribution in [0.3, 0.4) is 0 Å². The van der Waals surface area contributed by atoms with Crippen molar-refractivity contribution < 1.29 is 44.3 Å². The number of aromatic nitrogens is 2. The first-order valence-corrected chi connectivity index (χ1v) is 6.72. The summed E-state index contributed by atoms with van der Waals surface area (Å²) in [6, 6.07) is 0. The summed E-state index contributed by atoms with van der Waals surface area (Å²) < 4.78 is 3.79. The Kier molecular flexibility index (Phi) is 4.17. The second-order valence-electron chi connectivity index (χ2n) is 3.78. The van der Waals surface area contributed by atoms with Crippen molar-refractivity contribution in [1.29, 1.82) is 0 Å². The molecule has 0 unspecified atom stereocenters. The van der Waals surface area contributed by atoms with Gasteiger partial charge >= 0.3 is 29.6 Å². The number of fused-ring (bicyclic) bond motifs is 1. The largest absolute Gasteiger partial charge is 1.00 e. The molecule has 0 aromatic carbocycles. The Morgan fingerprint density at radius 2 is 2.32 bits per heavy atom. The van der Waals surface area contributed by atoms with Gasteiger partial charge in [-0.2, -0.15) is 0 Å². The molecule has 1 fully saturated rings. The van der Waals surface area contributed by atoms with Gasteiger partial charge in [0.1, 0.15) is 5.37 Å². The Balaban J connectivity index is 0.00000133. The van der Waals surface area contributed by atoms with E-state index in [1.54, 1.807) is 6.08 Å². The second-order valence-corrected chi connectivity index (χ2v) is 5.52. The molecule has 9 heteroatoms. The SMILES string of the molecule is Cc1nnsc1/C=C1/C(=O)N2C(C(=O)[O-])=CS[C@H]12.[Na+]. The van der Waals surface area contributed by atoms with Crippen molar-refractivity contribution in [2.75, 3.05) is 0 Å². The Morgan fingerprint density at radius 1 is 1.58 bits per heavy atom. The average Bonchev–Trinajstić information content (AvgIpc) is 2.90. The van der Waals surface area contributed by atoms with E-state index in [1.807, 2.05) is 6.92 Å². The number of carboxylic acid groups (broad SMARTS) is 1.